The molecular weight excluding hydrogens is 431 g/mol. The quantitative estimate of drug-likeness (QED) is 0.476. The van der Waals surface area contributed by atoms with Gasteiger partial charge >= 0.3 is 0 Å². The van der Waals surface area contributed by atoms with Gasteiger partial charge in [-0.3, -0.25) is 4.72 Å². The molecule has 29 heavy (non-hydrogen) atoms. The Kier molecular flexibility index (Phi) is 7.00. The highest BCUT2D eigenvalue weighted by Crippen LogP contribution is 2.27. The lowest BCUT2D eigenvalue weighted by Gasteiger charge is -2.13. The summed E-state index contributed by atoms with van der Waals surface area (Å²) in [6.45, 7) is 2.26. The van der Waals surface area contributed by atoms with Gasteiger partial charge in [-0.1, -0.05) is 54.7 Å². The first kappa shape index (κ1) is 21.4. The van der Waals surface area contributed by atoms with Crippen molar-refractivity contribution in [2.75, 3.05) is 4.72 Å². The van der Waals surface area contributed by atoms with E-state index in [1.54, 1.807) is 42.5 Å². The van der Waals surface area contributed by atoms with Crippen LogP contribution in [0.1, 0.15) is 24.5 Å². The maximum Gasteiger partial charge on any atom is 0.263 e. The summed E-state index contributed by atoms with van der Waals surface area (Å²) in [4.78, 5) is 4.28. The Morgan fingerprint density at radius 3 is 2.41 bits per heavy atom. The first-order chi connectivity index (χ1) is 13.9. The Balaban J connectivity index is 1.76. The van der Waals surface area contributed by atoms with Crippen LogP contribution in [0.4, 0.5) is 5.82 Å². The van der Waals surface area contributed by atoms with E-state index in [2.05, 4.69) is 16.6 Å². The van der Waals surface area contributed by atoms with Crippen molar-refractivity contribution in [1.82, 2.24) is 4.98 Å². The van der Waals surface area contributed by atoms with Crippen LogP contribution in [-0.2, 0) is 23.1 Å². The van der Waals surface area contributed by atoms with Crippen LogP contribution < -0.4 is 9.46 Å². The maximum absolute atomic E-state index is 12.7. The number of benzene rings is 2. The number of sulfonamides is 1. The highest BCUT2D eigenvalue weighted by molar-refractivity contribution is 7.92. The van der Waals surface area contributed by atoms with E-state index in [0.717, 1.165) is 24.0 Å². The maximum atomic E-state index is 12.7. The minimum absolute atomic E-state index is 0.116. The van der Waals surface area contributed by atoms with E-state index in [-0.39, 0.29) is 17.3 Å². The second kappa shape index (κ2) is 9.48. The van der Waals surface area contributed by atoms with Gasteiger partial charge < -0.3 is 4.74 Å². The molecule has 0 saturated heterocycles. The Bertz CT molecular complexity index is 1090. The molecular formula is C21H20Cl2N2O3S. The molecule has 1 aromatic heterocycles. The van der Waals surface area contributed by atoms with Gasteiger partial charge in [0.1, 0.15) is 6.61 Å². The average molecular weight is 451 g/mol. The first-order valence-corrected chi connectivity index (χ1v) is 11.3. The van der Waals surface area contributed by atoms with E-state index in [9.17, 15) is 8.42 Å². The van der Waals surface area contributed by atoms with Crippen LogP contribution in [0.25, 0.3) is 0 Å². The summed E-state index contributed by atoms with van der Waals surface area (Å²) in [5.74, 6) is 0.426. The summed E-state index contributed by atoms with van der Waals surface area (Å²) in [5.41, 5.74) is 1.89. The molecule has 0 bridgehead atoms. The minimum Gasteiger partial charge on any atom is -0.485 e. The van der Waals surface area contributed by atoms with Crippen molar-refractivity contribution in [3.8, 4) is 5.75 Å². The van der Waals surface area contributed by atoms with Gasteiger partial charge in [0.05, 0.1) is 14.9 Å². The predicted octanol–water partition coefficient (Wildman–Crippen LogP) is 5.72. The Hall–Kier alpha value is -2.28. The summed E-state index contributed by atoms with van der Waals surface area (Å²) < 4.78 is 33.7. The SMILES string of the molecule is CCCc1ccc(S(=O)(=O)Nc2ncccc2OCc2ccc(Cl)c(Cl)c2)cc1. The normalized spacial score (nSPS) is 11.3. The fraction of sp³-hybridized carbons (Fsp3) is 0.190. The van der Waals surface area contributed by atoms with Gasteiger partial charge in [0.2, 0.25) is 0 Å². The third-order valence-electron chi connectivity index (χ3n) is 4.15. The zero-order valence-corrected chi connectivity index (χ0v) is 18.1. The molecule has 152 valence electrons. The van der Waals surface area contributed by atoms with E-state index in [0.29, 0.717) is 15.8 Å². The number of aromatic nitrogens is 1. The summed E-state index contributed by atoms with van der Waals surface area (Å²) in [6, 6.07) is 15.3. The van der Waals surface area contributed by atoms with Crippen molar-refractivity contribution >= 4 is 39.0 Å². The molecule has 0 amide bonds. The predicted molar refractivity (Wildman–Crippen MR) is 116 cm³/mol. The first-order valence-electron chi connectivity index (χ1n) is 9.02. The van der Waals surface area contributed by atoms with E-state index in [4.69, 9.17) is 27.9 Å². The number of aryl methyl sites for hydroxylation is 1. The van der Waals surface area contributed by atoms with Gasteiger partial charge in [-0.2, -0.15) is 0 Å². The van der Waals surface area contributed by atoms with Crippen molar-refractivity contribution in [1.29, 1.82) is 0 Å². The lowest BCUT2D eigenvalue weighted by Crippen LogP contribution is -2.15. The van der Waals surface area contributed by atoms with Crippen LogP contribution in [0.5, 0.6) is 5.75 Å². The topological polar surface area (TPSA) is 68.3 Å². The van der Waals surface area contributed by atoms with Crippen LogP contribution in [0.3, 0.4) is 0 Å². The third kappa shape index (κ3) is 5.63. The number of hydrogen-bond donors (Lipinski definition) is 1. The van der Waals surface area contributed by atoms with Crippen LogP contribution in [0.2, 0.25) is 10.0 Å². The molecule has 0 fully saturated rings. The molecule has 0 radical (unpaired) electrons. The van der Waals surface area contributed by atoms with Crippen molar-refractivity contribution in [2.45, 2.75) is 31.3 Å². The molecule has 1 heterocycles. The number of hydrogen-bond acceptors (Lipinski definition) is 4. The molecule has 1 N–H and O–H groups in total. The molecule has 0 aliphatic rings. The van der Waals surface area contributed by atoms with E-state index in [1.165, 1.54) is 6.20 Å². The lowest BCUT2D eigenvalue weighted by molar-refractivity contribution is 0.307. The van der Waals surface area contributed by atoms with Crippen LogP contribution in [-0.4, -0.2) is 13.4 Å². The monoisotopic (exact) mass is 450 g/mol. The molecule has 3 rings (SSSR count). The summed E-state index contributed by atoms with van der Waals surface area (Å²) in [6.07, 6.45) is 3.40. The van der Waals surface area contributed by atoms with Gasteiger partial charge in [-0.25, -0.2) is 13.4 Å². The molecule has 0 atom stereocenters. The summed E-state index contributed by atoms with van der Waals surface area (Å²) in [7, 11) is -3.79. The lowest BCUT2D eigenvalue weighted by atomic mass is 10.1. The third-order valence-corrected chi connectivity index (χ3v) is 6.25. The molecule has 8 heteroatoms. The fourth-order valence-electron chi connectivity index (χ4n) is 2.68. The molecule has 0 saturated carbocycles. The Morgan fingerprint density at radius 1 is 1.00 bits per heavy atom. The number of pyridine rings is 1. The van der Waals surface area contributed by atoms with Crippen molar-refractivity contribution in [3.05, 3.63) is 82.0 Å². The second-order valence-electron chi connectivity index (χ2n) is 6.39. The number of halogens is 2. The smallest absolute Gasteiger partial charge is 0.263 e. The number of anilines is 1. The number of nitrogens with one attached hydrogen (secondary N) is 1. The molecule has 0 unspecified atom stereocenters. The van der Waals surface area contributed by atoms with Gasteiger partial charge in [0, 0.05) is 6.20 Å². The number of ether oxygens (including phenoxy) is 1. The Morgan fingerprint density at radius 2 is 1.72 bits per heavy atom. The highest BCUT2D eigenvalue weighted by Gasteiger charge is 2.17. The van der Waals surface area contributed by atoms with Crippen LogP contribution in [0, 0.1) is 0 Å². The number of rotatable bonds is 8. The van der Waals surface area contributed by atoms with Crippen molar-refractivity contribution < 1.29 is 13.2 Å². The molecule has 0 aliphatic carbocycles. The zero-order valence-electron chi connectivity index (χ0n) is 15.7. The molecule has 2 aromatic carbocycles. The van der Waals surface area contributed by atoms with E-state index in [1.807, 2.05) is 12.1 Å². The molecule has 5 nitrogen and oxygen atoms in total. The molecule has 3 aromatic rings. The van der Waals surface area contributed by atoms with Crippen molar-refractivity contribution in [3.63, 3.8) is 0 Å². The van der Waals surface area contributed by atoms with E-state index >= 15 is 0 Å². The largest absolute Gasteiger partial charge is 0.485 e. The van der Waals surface area contributed by atoms with Crippen molar-refractivity contribution in [2.24, 2.45) is 0 Å². The van der Waals surface area contributed by atoms with Gasteiger partial charge in [0.25, 0.3) is 10.0 Å². The minimum atomic E-state index is -3.79. The average Bonchev–Trinajstić information content (AvgIpc) is 2.70. The standard InChI is InChI=1S/C21H20Cl2N2O3S/c1-2-4-15-6-9-17(10-7-15)29(26,27)25-21-20(5-3-12-24-21)28-14-16-8-11-18(22)19(23)13-16/h3,5-13H,2,4,14H2,1H3,(H,24,25). The van der Waals surface area contributed by atoms with E-state index < -0.39 is 10.0 Å². The van der Waals surface area contributed by atoms with Gasteiger partial charge in [0.15, 0.2) is 11.6 Å². The fourth-order valence-corrected chi connectivity index (χ4v) is 4.03. The van der Waals surface area contributed by atoms with Crippen LogP contribution in [0.15, 0.2) is 65.7 Å². The summed E-state index contributed by atoms with van der Waals surface area (Å²) >= 11 is 11.9. The van der Waals surface area contributed by atoms with Gasteiger partial charge in [-0.15, -0.1) is 0 Å². The summed E-state index contributed by atoms with van der Waals surface area (Å²) in [5, 5.41) is 0.876. The van der Waals surface area contributed by atoms with Gasteiger partial charge in [-0.05, 0) is 53.9 Å². The Labute approximate surface area is 180 Å². The number of nitrogens with zero attached hydrogens (tertiary/aromatic N) is 1. The second-order valence-corrected chi connectivity index (χ2v) is 8.88. The highest BCUT2D eigenvalue weighted by atomic mass is 35.5. The molecule has 0 spiro atoms. The van der Waals surface area contributed by atoms with Crippen LogP contribution >= 0.6 is 23.2 Å². The zero-order chi connectivity index (χ0) is 20.9. The molecule has 0 aliphatic heterocycles.